The quantitative estimate of drug-likeness (QED) is 0.786. The molecule has 1 aromatic rings. The molecule has 1 unspecified atom stereocenters. The minimum atomic E-state index is -3.18. The molecule has 0 bridgehead atoms. The van der Waals surface area contributed by atoms with E-state index in [0.717, 1.165) is 16.8 Å². The number of anilines is 1. The van der Waals surface area contributed by atoms with Crippen molar-refractivity contribution in [1.82, 2.24) is 0 Å². The number of benzene rings is 1. The molecule has 1 aromatic carbocycles. The van der Waals surface area contributed by atoms with Crippen LogP contribution in [-0.2, 0) is 9.84 Å². The minimum Gasteiger partial charge on any atom is -0.379 e. The molecule has 0 amide bonds. The Labute approximate surface area is 110 Å². The molecule has 0 saturated heterocycles. The normalized spacial score (nSPS) is 22.2. The van der Waals surface area contributed by atoms with Crippen molar-refractivity contribution in [1.29, 1.82) is 0 Å². The van der Waals surface area contributed by atoms with E-state index >= 15 is 0 Å². The van der Waals surface area contributed by atoms with Gasteiger partial charge in [0.2, 0.25) is 0 Å². The van der Waals surface area contributed by atoms with Gasteiger partial charge in [0.1, 0.15) is 0 Å². The summed E-state index contributed by atoms with van der Waals surface area (Å²) < 4.78 is 24.8. The predicted octanol–water partition coefficient (Wildman–Crippen LogP) is 2.92. The van der Waals surface area contributed by atoms with Gasteiger partial charge in [-0.1, -0.05) is 26.8 Å². The highest BCUT2D eigenvalue weighted by Crippen LogP contribution is 2.37. The average Bonchev–Trinajstić information content (AvgIpc) is 2.17. The molecule has 1 N–H and O–H groups in total. The van der Waals surface area contributed by atoms with Gasteiger partial charge in [-0.05, 0) is 36.5 Å². The lowest BCUT2D eigenvalue weighted by Gasteiger charge is -2.36. The van der Waals surface area contributed by atoms with Crippen LogP contribution < -0.4 is 5.32 Å². The standard InChI is InChI=1S/C14H21NO2S/c1-9-6-10(2)13-11(7-9)18(16,17)8-12(15-13)14(3,4)5/h6-7,12,15H,8H2,1-5H3. The Kier molecular flexibility index (Phi) is 2.97. The van der Waals surface area contributed by atoms with E-state index < -0.39 is 9.84 Å². The Bertz CT molecular complexity index is 583. The van der Waals surface area contributed by atoms with E-state index in [-0.39, 0.29) is 17.2 Å². The van der Waals surface area contributed by atoms with Gasteiger partial charge in [0, 0.05) is 6.04 Å². The zero-order valence-corrected chi connectivity index (χ0v) is 12.5. The fourth-order valence-electron chi connectivity index (χ4n) is 2.35. The number of hydrogen-bond acceptors (Lipinski definition) is 3. The number of rotatable bonds is 0. The molecular formula is C14H21NO2S. The Morgan fingerprint density at radius 1 is 1.22 bits per heavy atom. The van der Waals surface area contributed by atoms with Crippen LogP contribution in [0, 0.1) is 19.3 Å². The van der Waals surface area contributed by atoms with Crippen molar-refractivity contribution in [2.24, 2.45) is 5.41 Å². The monoisotopic (exact) mass is 267 g/mol. The van der Waals surface area contributed by atoms with Crippen molar-refractivity contribution in [3.8, 4) is 0 Å². The molecule has 100 valence electrons. The smallest absolute Gasteiger partial charge is 0.182 e. The minimum absolute atomic E-state index is 0.0450. The van der Waals surface area contributed by atoms with E-state index in [0.29, 0.717) is 4.90 Å². The lowest BCUT2D eigenvalue weighted by atomic mass is 9.87. The molecule has 0 saturated carbocycles. The maximum absolute atomic E-state index is 12.4. The SMILES string of the molecule is Cc1cc(C)c2c(c1)S(=O)(=O)CC(C(C)(C)C)N2. The molecule has 0 radical (unpaired) electrons. The first-order chi connectivity index (χ1) is 8.11. The van der Waals surface area contributed by atoms with Crippen LogP contribution in [0.3, 0.4) is 0 Å². The maximum Gasteiger partial charge on any atom is 0.182 e. The van der Waals surface area contributed by atoms with Crippen molar-refractivity contribution >= 4 is 15.5 Å². The van der Waals surface area contributed by atoms with Gasteiger partial charge in [-0.3, -0.25) is 0 Å². The lowest BCUT2D eigenvalue weighted by Crippen LogP contribution is -2.43. The number of fused-ring (bicyclic) bond motifs is 1. The third-order valence-electron chi connectivity index (χ3n) is 3.53. The Morgan fingerprint density at radius 2 is 1.83 bits per heavy atom. The summed E-state index contributed by atoms with van der Waals surface area (Å²) in [5.74, 6) is 0.173. The van der Waals surface area contributed by atoms with E-state index in [4.69, 9.17) is 0 Å². The van der Waals surface area contributed by atoms with Crippen molar-refractivity contribution in [2.45, 2.75) is 45.6 Å². The van der Waals surface area contributed by atoms with E-state index in [1.807, 2.05) is 19.9 Å². The molecule has 0 spiro atoms. The third kappa shape index (κ3) is 2.26. The summed E-state index contributed by atoms with van der Waals surface area (Å²) >= 11 is 0. The van der Waals surface area contributed by atoms with Crippen molar-refractivity contribution in [3.05, 3.63) is 23.3 Å². The van der Waals surface area contributed by atoms with E-state index in [1.54, 1.807) is 6.07 Å². The van der Waals surface area contributed by atoms with Gasteiger partial charge in [-0.2, -0.15) is 0 Å². The zero-order valence-electron chi connectivity index (χ0n) is 11.7. The summed E-state index contributed by atoms with van der Waals surface area (Å²) in [6.07, 6.45) is 0. The van der Waals surface area contributed by atoms with E-state index in [2.05, 4.69) is 26.1 Å². The van der Waals surface area contributed by atoms with Crippen molar-refractivity contribution in [2.75, 3.05) is 11.1 Å². The zero-order chi connectivity index (χ0) is 13.7. The fraction of sp³-hybridized carbons (Fsp3) is 0.571. The number of aryl methyl sites for hydroxylation is 2. The summed E-state index contributed by atoms with van der Waals surface area (Å²) in [4.78, 5) is 0.459. The molecule has 1 heterocycles. The first-order valence-corrected chi connectivity index (χ1v) is 7.87. The second-order valence-corrected chi connectivity index (χ2v) is 8.30. The summed E-state index contributed by atoms with van der Waals surface area (Å²) in [5.41, 5.74) is 2.70. The third-order valence-corrected chi connectivity index (χ3v) is 5.29. The second kappa shape index (κ2) is 3.98. The van der Waals surface area contributed by atoms with Crippen molar-refractivity contribution < 1.29 is 8.42 Å². The molecule has 2 rings (SSSR count). The van der Waals surface area contributed by atoms with Crippen LogP contribution in [0.2, 0.25) is 0 Å². The molecule has 4 heteroatoms. The summed E-state index contributed by atoms with van der Waals surface area (Å²) in [6, 6.07) is 3.74. The molecule has 1 aliphatic heterocycles. The Balaban J connectivity index is 2.61. The van der Waals surface area contributed by atoms with Crippen LogP contribution in [0.1, 0.15) is 31.9 Å². The number of sulfone groups is 1. The fourth-order valence-corrected chi connectivity index (χ4v) is 4.45. The molecule has 0 aromatic heterocycles. The maximum atomic E-state index is 12.4. The highest BCUT2D eigenvalue weighted by Gasteiger charge is 2.36. The molecule has 3 nitrogen and oxygen atoms in total. The van der Waals surface area contributed by atoms with Crippen LogP contribution >= 0.6 is 0 Å². The van der Waals surface area contributed by atoms with E-state index in [1.165, 1.54) is 0 Å². The van der Waals surface area contributed by atoms with Gasteiger partial charge in [0.25, 0.3) is 0 Å². The van der Waals surface area contributed by atoms with E-state index in [9.17, 15) is 8.42 Å². The predicted molar refractivity (Wildman–Crippen MR) is 74.8 cm³/mol. The molecule has 18 heavy (non-hydrogen) atoms. The first-order valence-electron chi connectivity index (χ1n) is 6.22. The van der Waals surface area contributed by atoms with Gasteiger partial charge in [0.05, 0.1) is 16.3 Å². The molecular weight excluding hydrogens is 246 g/mol. The first kappa shape index (κ1) is 13.4. The summed E-state index contributed by atoms with van der Waals surface area (Å²) in [7, 11) is -3.18. The van der Waals surface area contributed by atoms with Crippen molar-refractivity contribution in [3.63, 3.8) is 0 Å². The van der Waals surface area contributed by atoms with Crippen LogP contribution in [0.4, 0.5) is 5.69 Å². The summed E-state index contributed by atoms with van der Waals surface area (Å²) in [6.45, 7) is 10.1. The lowest BCUT2D eigenvalue weighted by molar-refractivity contribution is 0.356. The Hall–Kier alpha value is -1.03. The van der Waals surface area contributed by atoms with Gasteiger partial charge in [0.15, 0.2) is 9.84 Å². The second-order valence-electron chi connectivity index (χ2n) is 6.30. The molecule has 1 aliphatic rings. The van der Waals surface area contributed by atoms with Crippen LogP contribution in [0.5, 0.6) is 0 Å². The topological polar surface area (TPSA) is 46.2 Å². The van der Waals surface area contributed by atoms with Gasteiger partial charge in [-0.15, -0.1) is 0 Å². The van der Waals surface area contributed by atoms with Gasteiger partial charge >= 0.3 is 0 Å². The molecule has 1 atom stereocenters. The molecule has 0 aliphatic carbocycles. The highest BCUT2D eigenvalue weighted by molar-refractivity contribution is 7.91. The van der Waals surface area contributed by atoms with Gasteiger partial charge < -0.3 is 5.32 Å². The van der Waals surface area contributed by atoms with Gasteiger partial charge in [-0.25, -0.2) is 8.42 Å². The largest absolute Gasteiger partial charge is 0.379 e. The average molecular weight is 267 g/mol. The number of hydrogen-bond donors (Lipinski definition) is 1. The molecule has 0 fully saturated rings. The highest BCUT2D eigenvalue weighted by atomic mass is 32.2. The van der Waals surface area contributed by atoms with Crippen LogP contribution in [0.15, 0.2) is 17.0 Å². The van der Waals surface area contributed by atoms with Crippen LogP contribution in [0.25, 0.3) is 0 Å². The number of nitrogens with one attached hydrogen (secondary N) is 1. The Morgan fingerprint density at radius 3 is 2.39 bits per heavy atom. The van der Waals surface area contributed by atoms with Crippen LogP contribution in [-0.4, -0.2) is 20.2 Å². The summed E-state index contributed by atoms with van der Waals surface area (Å²) in [5, 5.41) is 3.41.